The maximum Gasteiger partial charge on any atom is 0.164 e. The lowest BCUT2D eigenvalue weighted by Gasteiger charge is -2.21. The molecule has 4 heteroatoms. The monoisotopic (exact) mass is 303 g/mol. The highest BCUT2D eigenvalue weighted by Crippen LogP contribution is 2.40. The number of hydrogen-bond donors (Lipinski definition) is 2. The van der Waals surface area contributed by atoms with E-state index in [0.717, 1.165) is 16.9 Å². The molecule has 3 nitrogen and oxygen atoms in total. The number of nitrogens with two attached hydrogens (primary N) is 1. The minimum Gasteiger partial charge on any atom is -0.389 e. The van der Waals surface area contributed by atoms with Crippen molar-refractivity contribution in [3.05, 3.63) is 52.5 Å². The fraction of sp³-hybridized carbons (Fsp3) is 0.353. The second kappa shape index (κ2) is 6.60. The predicted molar refractivity (Wildman–Crippen MR) is 87.1 cm³/mol. The topological polar surface area (TPSA) is 63.3 Å². The summed E-state index contributed by atoms with van der Waals surface area (Å²) in [6, 6.07) is 8.31. The first-order valence-electron chi connectivity index (χ1n) is 7.02. The van der Waals surface area contributed by atoms with Crippen LogP contribution in [0.25, 0.3) is 0 Å². The molecule has 3 N–H and O–H groups in total. The maximum atomic E-state index is 11.7. The predicted octanol–water partition coefficient (Wildman–Crippen LogP) is 2.83. The van der Waals surface area contributed by atoms with E-state index >= 15 is 0 Å². The van der Waals surface area contributed by atoms with Gasteiger partial charge in [-0.15, -0.1) is 0 Å². The number of ketones is 1. The molecule has 21 heavy (non-hydrogen) atoms. The Morgan fingerprint density at radius 1 is 1.33 bits per heavy atom. The van der Waals surface area contributed by atoms with E-state index in [0.29, 0.717) is 13.0 Å². The van der Waals surface area contributed by atoms with Crippen molar-refractivity contribution in [3.8, 4) is 0 Å². The summed E-state index contributed by atoms with van der Waals surface area (Å²) in [7, 11) is 0. The Kier molecular flexibility index (Phi) is 5.04. The van der Waals surface area contributed by atoms with Crippen LogP contribution in [0.5, 0.6) is 0 Å². The van der Waals surface area contributed by atoms with Crippen LogP contribution in [0.15, 0.2) is 51.8 Å². The maximum absolute atomic E-state index is 11.7. The summed E-state index contributed by atoms with van der Waals surface area (Å²) in [6.07, 6.45) is 5.42. The number of rotatable bonds is 1. The van der Waals surface area contributed by atoms with E-state index in [1.54, 1.807) is 25.6 Å². The summed E-state index contributed by atoms with van der Waals surface area (Å²) in [5, 5.41) is 8.70. The number of fused-ring (bicyclic) bond motifs is 1. The lowest BCUT2D eigenvalue weighted by Crippen LogP contribution is -2.29. The molecule has 0 spiro atoms. The summed E-state index contributed by atoms with van der Waals surface area (Å²) < 4.78 is 0. The van der Waals surface area contributed by atoms with Gasteiger partial charge < -0.3 is 10.8 Å². The normalized spacial score (nSPS) is 16.9. The highest BCUT2D eigenvalue weighted by molar-refractivity contribution is 8.03. The van der Waals surface area contributed by atoms with E-state index in [-0.39, 0.29) is 5.78 Å². The lowest BCUT2D eigenvalue weighted by atomic mass is 9.96. The van der Waals surface area contributed by atoms with Gasteiger partial charge in [0.1, 0.15) is 0 Å². The Bertz CT molecular complexity index is 597. The van der Waals surface area contributed by atoms with E-state index in [2.05, 4.69) is 18.2 Å². The summed E-state index contributed by atoms with van der Waals surface area (Å²) in [5.74, 6) is 0.287. The highest BCUT2D eigenvalue weighted by Gasteiger charge is 2.23. The summed E-state index contributed by atoms with van der Waals surface area (Å²) in [5.41, 5.74) is 6.66. The van der Waals surface area contributed by atoms with Gasteiger partial charge in [-0.2, -0.15) is 0 Å². The lowest BCUT2D eigenvalue weighted by molar-refractivity contribution is -0.115. The number of allylic oxidation sites excluding steroid dienone is 3. The third-order valence-electron chi connectivity index (χ3n) is 3.27. The number of benzene rings is 1. The standard InChI is InChI=1S/C13H10OS.C4H11NO/c14-11-5-3-7-13-10(11)8-9-4-1-2-6-12(9)15-13;1-4(2,6)3-5/h1-4,6-7H,5,8H2;6H,3,5H2,1-2H3. The van der Waals surface area contributed by atoms with Crippen LogP contribution in [0.3, 0.4) is 0 Å². The van der Waals surface area contributed by atoms with Gasteiger partial charge in [0.15, 0.2) is 5.78 Å². The van der Waals surface area contributed by atoms with E-state index < -0.39 is 5.60 Å². The Morgan fingerprint density at radius 2 is 2.00 bits per heavy atom. The van der Waals surface area contributed by atoms with Crippen molar-refractivity contribution in [2.24, 2.45) is 5.73 Å². The van der Waals surface area contributed by atoms with Gasteiger partial charge in [0.2, 0.25) is 0 Å². The minimum absolute atomic E-state index is 0.287. The van der Waals surface area contributed by atoms with Crippen LogP contribution >= 0.6 is 11.8 Å². The van der Waals surface area contributed by atoms with Crippen molar-refractivity contribution in [1.29, 1.82) is 0 Å². The fourth-order valence-electron chi connectivity index (χ4n) is 1.97. The van der Waals surface area contributed by atoms with Gasteiger partial charge >= 0.3 is 0 Å². The molecule has 1 heterocycles. The SMILES string of the molecule is CC(C)(O)CN.O=C1CC=CC2=C1Cc1ccccc1S2. The second-order valence-corrected chi connectivity index (χ2v) is 6.86. The average molecular weight is 303 g/mol. The molecule has 0 saturated carbocycles. The molecule has 1 aromatic rings. The van der Waals surface area contributed by atoms with Gasteiger partial charge in [-0.3, -0.25) is 4.79 Å². The highest BCUT2D eigenvalue weighted by atomic mass is 32.2. The molecule has 0 fully saturated rings. The molecule has 0 aromatic heterocycles. The van der Waals surface area contributed by atoms with E-state index in [1.165, 1.54) is 10.5 Å². The summed E-state index contributed by atoms with van der Waals surface area (Å²) >= 11 is 1.72. The molecular formula is C17H21NO2S. The molecule has 0 amide bonds. The molecular weight excluding hydrogens is 282 g/mol. The number of thioether (sulfide) groups is 1. The third-order valence-corrected chi connectivity index (χ3v) is 4.49. The van der Waals surface area contributed by atoms with Crippen molar-refractivity contribution < 1.29 is 9.90 Å². The van der Waals surface area contributed by atoms with E-state index in [4.69, 9.17) is 10.8 Å². The van der Waals surface area contributed by atoms with Crippen molar-refractivity contribution in [2.75, 3.05) is 6.54 Å². The van der Waals surface area contributed by atoms with Gasteiger partial charge in [0, 0.05) is 34.8 Å². The van der Waals surface area contributed by atoms with Crippen molar-refractivity contribution in [1.82, 2.24) is 0 Å². The van der Waals surface area contributed by atoms with E-state index in [1.807, 2.05) is 18.2 Å². The van der Waals surface area contributed by atoms with Gasteiger partial charge in [-0.1, -0.05) is 42.1 Å². The molecule has 0 bridgehead atoms. The number of Topliss-reactive ketones (excluding diaryl/α,β-unsaturated/α-hetero) is 1. The summed E-state index contributed by atoms with van der Waals surface area (Å²) in [4.78, 5) is 14.1. The van der Waals surface area contributed by atoms with Crippen LogP contribution < -0.4 is 5.73 Å². The van der Waals surface area contributed by atoms with E-state index in [9.17, 15) is 4.79 Å². The Morgan fingerprint density at radius 3 is 2.67 bits per heavy atom. The van der Waals surface area contributed by atoms with Crippen LogP contribution in [-0.4, -0.2) is 23.0 Å². The zero-order valence-electron chi connectivity index (χ0n) is 12.4. The molecule has 0 radical (unpaired) electrons. The molecule has 1 aliphatic carbocycles. The van der Waals surface area contributed by atoms with Crippen LogP contribution in [-0.2, 0) is 11.2 Å². The molecule has 1 aliphatic heterocycles. The van der Waals surface area contributed by atoms with Crippen LogP contribution in [0, 0.1) is 0 Å². The minimum atomic E-state index is -0.681. The number of carbonyl (C=O) groups excluding carboxylic acids is 1. The van der Waals surface area contributed by atoms with Gasteiger partial charge in [0.05, 0.1) is 5.60 Å². The largest absolute Gasteiger partial charge is 0.389 e. The van der Waals surface area contributed by atoms with Crippen molar-refractivity contribution in [3.63, 3.8) is 0 Å². The smallest absolute Gasteiger partial charge is 0.164 e. The second-order valence-electron chi connectivity index (χ2n) is 5.78. The first kappa shape index (κ1) is 16.0. The first-order chi connectivity index (χ1) is 9.90. The van der Waals surface area contributed by atoms with Gasteiger partial charge in [0.25, 0.3) is 0 Å². The van der Waals surface area contributed by atoms with Crippen LogP contribution in [0.1, 0.15) is 25.8 Å². The third kappa shape index (κ3) is 4.30. The molecule has 0 saturated heterocycles. The Labute approximate surface area is 129 Å². The summed E-state index contributed by atoms with van der Waals surface area (Å²) in [6.45, 7) is 3.67. The van der Waals surface area contributed by atoms with Gasteiger partial charge in [-0.05, 0) is 25.5 Å². The fourth-order valence-corrected chi connectivity index (χ4v) is 3.10. The van der Waals surface area contributed by atoms with Crippen molar-refractivity contribution >= 4 is 17.5 Å². The first-order valence-corrected chi connectivity index (χ1v) is 7.83. The molecule has 3 rings (SSSR count). The Balaban J connectivity index is 0.000000232. The molecule has 2 aliphatic rings. The zero-order chi connectivity index (χ0) is 15.5. The number of hydrogen-bond acceptors (Lipinski definition) is 4. The number of carbonyl (C=O) groups is 1. The quantitative estimate of drug-likeness (QED) is 0.837. The molecule has 1 aromatic carbocycles. The van der Waals surface area contributed by atoms with Crippen LogP contribution in [0.2, 0.25) is 0 Å². The number of aliphatic hydroxyl groups is 1. The molecule has 112 valence electrons. The molecule has 0 atom stereocenters. The van der Waals surface area contributed by atoms with Crippen LogP contribution in [0.4, 0.5) is 0 Å². The Hall–Kier alpha value is -1.36. The average Bonchev–Trinajstić information content (AvgIpc) is 2.46. The molecule has 0 unspecified atom stereocenters. The van der Waals surface area contributed by atoms with Crippen molar-refractivity contribution in [2.45, 2.75) is 37.2 Å². The van der Waals surface area contributed by atoms with Gasteiger partial charge in [-0.25, -0.2) is 0 Å². The zero-order valence-corrected chi connectivity index (χ0v) is 13.2.